The van der Waals surface area contributed by atoms with Crippen molar-refractivity contribution in [1.29, 1.82) is 0 Å². The van der Waals surface area contributed by atoms with E-state index in [-0.39, 0.29) is 44.9 Å². The number of nitrogens with zero attached hydrogens (tertiary/aromatic N) is 1. The summed E-state index contributed by atoms with van der Waals surface area (Å²) in [6.45, 7) is 1.36. The number of furan rings is 1. The number of halogens is 2. The summed E-state index contributed by atoms with van der Waals surface area (Å²) in [4.78, 5) is 24.9. The second kappa shape index (κ2) is 9.19. The van der Waals surface area contributed by atoms with Gasteiger partial charge in [0.1, 0.15) is 23.0 Å². The lowest BCUT2D eigenvalue weighted by atomic mass is 9.96. The van der Waals surface area contributed by atoms with Gasteiger partial charge in [0.25, 0.3) is 5.91 Å². The van der Waals surface area contributed by atoms with Crippen molar-refractivity contribution < 1.29 is 31.2 Å². The van der Waals surface area contributed by atoms with E-state index in [1.165, 1.54) is 63.5 Å². The summed E-state index contributed by atoms with van der Waals surface area (Å²) >= 11 is 0. The highest BCUT2D eigenvalue weighted by atomic mass is 32.2. The number of nitrogens with one attached hydrogen (secondary N) is 1. The third-order valence-electron chi connectivity index (χ3n) is 5.85. The molecule has 0 spiro atoms. The predicted octanol–water partition coefficient (Wildman–Crippen LogP) is 5.00. The Hall–Kier alpha value is -4.05. The minimum Gasteiger partial charge on any atom is -0.455 e. The molecule has 0 aliphatic rings. The molecule has 4 aromatic rings. The maximum atomic E-state index is 16.4. The topological polar surface area (TPSA) is 96.7 Å². The van der Waals surface area contributed by atoms with Gasteiger partial charge < -0.3 is 9.73 Å². The Labute approximate surface area is 206 Å². The molecule has 186 valence electrons. The predicted molar refractivity (Wildman–Crippen MR) is 134 cm³/mol. The summed E-state index contributed by atoms with van der Waals surface area (Å²) < 4.78 is 61.6. The van der Waals surface area contributed by atoms with E-state index in [1.807, 2.05) is 0 Å². The zero-order valence-electron chi connectivity index (χ0n) is 19.8. The van der Waals surface area contributed by atoms with Gasteiger partial charge in [-0.3, -0.25) is 13.9 Å². The molecule has 0 unspecified atom stereocenters. The van der Waals surface area contributed by atoms with Gasteiger partial charge in [0.05, 0.1) is 22.9 Å². The molecule has 36 heavy (non-hydrogen) atoms. The van der Waals surface area contributed by atoms with Crippen LogP contribution in [0.5, 0.6) is 0 Å². The van der Waals surface area contributed by atoms with Gasteiger partial charge in [-0.05, 0) is 42.8 Å². The van der Waals surface area contributed by atoms with Gasteiger partial charge in [-0.2, -0.15) is 0 Å². The molecule has 1 N–H and O–H groups in total. The molecule has 1 aromatic heterocycles. The van der Waals surface area contributed by atoms with E-state index in [9.17, 15) is 22.4 Å². The molecule has 3 aromatic carbocycles. The number of rotatable bonds is 6. The van der Waals surface area contributed by atoms with Gasteiger partial charge in [0.2, 0.25) is 10.0 Å². The largest absolute Gasteiger partial charge is 0.455 e. The van der Waals surface area contributed by atoms with E-state index in [1.54, 1.807) is 12.1 Å². The highest BCUT2D eigenvalue weighted by molar-refractivity contribution is 7.92. The monoisotopic (exact) mass is 512 g/mol. The summed E-state index contributed by atoms with van der Waals surface area (Å²) in [6, 6.07) is 12.6. The molecule has 1 amide bonds. The second-order valence-electron chi connectivity index (χ2n) is 8.22. The first-order valence-corrected chi connectivity index (χ1v) is 12.6. The summed E-state index contributed by atoms with van der Waals surface area (Å²) in [6.07, 6.45) is 0.965. The molecule has 0 bridgehead atoms. The molecule has 0 saturated heterocycles. The number of amides is 1. The number of carbonyl (C=O) groups is 2. The molecular weight excluding hydrogens is 490 g/mol. The normalized spacial score (nSPS) is 11.5. The highest BCUT2D eigenvalue weighted by Gasteiger charge is 2.30. The maximum absolute atomic E-state index is 16.4. The number of Topliss-reactive ketones (excluding diaryl/α,β-unsaturated/α-hetero) is 1. The van der Waals surface area contributed by atoms with E-state index in [2.05, 4.69) is 5.32 Å². The minimum atomic E-state index is -3.84. The average Bonchev–Trinajstić information content (AvgIpc) is 3.22. The van der Waals surface area contributed by atoms with E-state index in [4.69, 9.17) is 4.42 Å². The van der Waals surface area contributed by atoms with Crippen LogP contribution in [0.25, 0.3) is 33.4 Å². The van der Waals surface area contributed by atoms with Gasteiger partial charge >= 0.3 is 0 Å². The van der Waals surface area contributed by atoms with E-state index in [0.717, 1.165) is 10.6 Å². The first kappa shape index (κ1) is 25.1. The van der Waals surface area contributed by atoms with Crippen LogP contribution in [0.4, 0.5) is 14.5 Å². The third kappa shape index (κ3) is 4.35. The number of carbonyl (C=O) groups excluding carboxylic acids is 2. The Morgan fingerprint density at radius 2 is 1.67 bits per heavy atom. The van der Waals surface area contributed by atoms with Crippen molar-refractivity contribution in [1.82, 2.24) is 5.32 Å². The molecule has 1 heterocycles. The van der Waals surface area contributed by atoms with Gasteiger partial charge in [-0.25, -0.2) is 17.2 Å². The summed E-state index contributed by atoms with van der Waals surface area (Å²) in [7, 11) is -1.21. The van der Waals surface area contributed by atoms with Gasteiger partial charge in [-0.15, -0.1) is 0 Å². The standard InChI is InChI=1S/C26H22F2N2O5S/c1-14(31)16-6-5-7-17(12-16)21-19(30(3)36(4,33)34)13-20-22(24(21)28)23(26(32)29-2)25(35-20)15-8-10-18(27)11-9-15/h5-13H,1-4H3,(H,29,32). The fourth-order valence-corrected chi connectivity index (χ4v) is 4.44. The Morgan fingerprint density at radius 1 is 1.00 bits per heavy atom. The van der Waals surface area contributed by atoms with Crippen LogP contribution in [0.1, 0.15) is 27.6 Å². The van der Waals surface area contributed by atoms with Crippen molar-refractivity contribution in [2.45, 2.75) is 6.92 Å². The molecule has 0 saturated carbocycles. The Bertz CT molecular complexity index is 1630. The Balaban J connectivity index is 2.16. The highest BCUT2D eigenvalue weighted by Crippen LogP contribution is 2.43. The Morgan fingerprint density at radius 3 is 2.25 bits per heavy atom. The Kier molecular flexibility index (Phi) is 6.40. The van der Waals surface area contributed by atoms with Crippen molar-refractivity contribution in [2.75, 3.05) is 24.7 Å². The molecule has 0 atom stereocenters. The number of benzene rings is 3. The molecule has 7 nitrogen and oxygen atoms in total. The van der Waals surface area contributed by atoms with Gasteiger partial charge in [-0.1, -0.05) is 18.2 Å². The van der Waals surface area contributed by atoms with Crippen LogP contribution in [0.2, 0.25) is 0 Å². The van der Waals surface area contributed by atoms with Crippen LogP contribution in [-0.4, -0.2) is 40.5 Å². The van der Waals surface area contributed by atoms with Crippen molar-refractivity contribution >= 4 is 38.4 Å². The molecule has 0 aliphatic heterocycles. The lowest BCUT2D eigenvalue weighted by molar-refractivity contribution is 0.0963. The molecule has 4 rings (SSSR count). The molecular formula is C26H22F2N2O5S. The van der Waals surface area contributed by atoms with Gasteiger partial charge in [0, 0.05) is 36.9 Å². The number of fused-ring (bicyclic) bond motifs is 1. The van der Waals surface area contributed by atoms with E-state index in [0.29, 0.717) is 11.1 Å². The third-order valence-corrected chi connectivity index (χ3v) is 7.05. The fraction of sp³-hybridized carbons (Fsp3) is 0.154. The fourth-order valence-electron chi connectivity index (χ4n) is 3.94. The van der Waals surface area contributed by atoms with Crippen molar-refractivity contribution in [3.05, 3.63) is 77.4 Å². The van der Waals surface area contributed by atoms with Gasteiger partial charge in [0.15, 0.2) is 5.78 Å². The van der Waals surface area contributed by atoms with E-state index >= 15 is 4.39 Å². The lowest BCUT2D eigenvalue weighted by Gasteiger charge is -2.21. The maximum Gasteiger partial charge on any atom is 0.255 e. The molecule has 0 fully saturated rings. The number of ketones is 1. The van der Waals surface area contributed by atoms with Crippen LogP contribution in [0.15, 0.2) is 59.0 Å². The zero-order chi connectivity index (χ0) is 26.4. The van der Waals surface area contributed by atoms with Crippen molar-refractivity contribution in [2.24, 2.45) is 0 Å². The van der Waals surface area contributed by atoms with Crippen LogP contribution in [0.3, 0.4) is 0 Å². The van der Waals surface area contributed by atoms with Crippen LogP contribution >= 0.6 is 0 Å². The number of hydrogen-bond acceptors (Lipinski definition) is 5. The summed E-state index contributed by atoms with van der Waals surface area (Å²) in [5.41, 5.74) is 0.465. The minimum absolute atomic E-state index is 0.00848. The van der Waals surface area contributed by atoms with E-state index < -0.39 is 27.6 Å². The SMILES string of the molecule is CNC(=O)c1c(-c2ccc(F)cc2)oc2cc(N(C)S(C)(=O)=O)c(-c3cccc(C(C)=O)c3)c(F)c12. The van der Waals surface area contributed by atoms with Crippen molar-refractivity contribution in [3.63, 3.8) is 0 Å². The number of hydrogen-bond donors (Lipinski definition) is 1. The average molecular weight is 513 g/mol. The van der Waals surface area contributed by atoms with Crippen LogP contribution in [-0.2, 0) is 10.0 Å². The van der Waals surface area contributed by atoms with Crippen LogP contribution in [0, 0.1) is 11.6 Å². The summed E-state index contributed by atoms with van der Waals surface area (Å²) in [5.74, 6) is -2.34. The zero-order valence-corrected chi connectivity index (χ0v) is 20.7. The first-order chi connectivity index (χ1) is 16.9. The molecule has 10 heteroatoms. The second-order valence-corrected chi connectivity index (χ2v) is 10.2. The van der Waals surface area contributed by atoms with Crippen molar-refractivity contribution in [3.8, 4) is 22.5 Å². The quantitative estimate of drug-likeness (QED) is 0.367. The first-order valence-electron chi connectivity index (χ1n) is 10.8. The van der Waals surface area contributed by atoms with Crippen LogP contribution < -0.4 is 9.62 Å². The lowest BCUT2D eigenvalue weighted by Crippen LogP contribution is -2.25. The molecule has 0 aliphatic carbocycles. The number of anilines is 1. The molecule has 0 radical (unpaired) electrons. The summed E-state index contributed by atoms with van der Waals surface area (Å²) in [5, 5.41) is 2.28. The number of sulfonamides is 1. The smallest absolute Gasteiger partial charge is 0.255 e.